The van der Waals surface area contributed by atoms with E-state index >= 15 is 0 Å². The summed E-state index contributed by atoms with van der Waals surface area (Å²) >= 11 is 11.9. The van der Waals surface area contributed by atoms with Gasteiger partial charge < -0.3 is 9.84 Å². The largest absolute Gasteiger partial charge is 0.854 e. The van der Waals surface area contributed by atoms with Crippen molar-refractivity contribution in [3.8, 4) is 11.4 Å². The molecule has 1 aromatic heterocycles. The molecule has 0 aliphatic heterocycles. The number of H-pyrrole nitrogens is 1. The molecule has 0 fully saturated rings. The highest BCUT2D eigenvalue weighted by Gasteiger charge is 2.24. The lowest BCUT2D eigenvalue weighted by Crippen LogP contribution is -2.44. The van der Waals surface area contributed by atoms with Crippen molar-refractivity contribution in [2.45, 2.75) is 0 Å². The maximum absolute atomic E-state index is 12.5. The van der Waals surface area contributed by atoms with Crippen molar-refractivity contribution in [3.63, 3.8) is 0 Å². The number of ether oxygens (including phenoxy) is 1. The Morgan fingerprint density at radius 2 is 1.96 bits per heavy atom. The lowest BCUT2D eigenvalue weighted by atomic mass is 10.3. The molecule has 0 saturated carbocycles. The van der Waals surface area contributed by atoms with Gasteiger partial charge in [0.2, 0.25) is 5.69 Å². The van der Waals surface area contributed by atoms with Crippen LogP contribution in [-0.4, -0.2) is 18.3 Å². The summed E-state index contributed by atoms with van der Waals surface area (Å²) in [5.41, 5.74) is -0.521. The number of hydrogen-bond donors (Lipinski definition) is 1. The normalized spacial score (nSPS) is 11.6. The molecule has 0 unspecified atom stereocenters. The summed E-state index contributed by atoms with van der Waals surface area (Å²) in [6, 6.07) is 11.1. The molecule has 0 aliphatic rings. The Kier molecular flexibility index (Phi) is 4.78. The Balaban J connectivity index is 2.08. The van der Waals surface area contributed by atoms with Gasteiger partial charge in [-0.3, -0.25) is 9.52 Å². The molecule has 1 N–H and O–H groups in total. The van der Waals surface area contributed by atoms with E-state index in [1.54, 1.807) is 30.3 Å². The molecule has 3 rings (SSSR count). The minimum Gasteiger partial charge on any atom is -0.854 e. The van der Waals surface area contributed by atoms with Gasteiger partial charge in [-0.1, -0.05) is 23.2 Å². The first-order valence-electron chi connectivity index (χ1n) is 6.98. The number of benzene rings is 2. The van der Waals surface area contributed by atoms with Gasteiger partial charge in [0.25, 0.3) is 0 Å². The molecule has 3 aromatic rings. The van der Waals surface area contributed by atoms with Gasteiger partial charge in [0.05, 0.1) is 23.7 Å². The third-order valence-electron chi connectivity index (χ3n) is 3.31. The molecule has 0 atom stereocenters. The first-order chi connectivity index (χ1) is 12.0. The van der Waals surface area contributed by atoms with Crippen LogP contribution < -0.4 is 20.2 Å². The van der Waals surface area contributed by atoms with Crippen molar-refractivity contribution in [1.29, 1.82) is 0 Å². The fraction of sp³-hybridized carbons (Fsp3) is 0.0625. The Morgan fingerprint density at radius 1 is 1.24 bits per heavy atom. The van der Waals surface area contributed by atoms with Crippen molar-refractivity contribution < 1.29 is 19.0 Å². The first kappa shape index (κ1) is 17.1. The SMILES string of the molecule is COc1ccc(-[n+]2[nH]oc(=O)c2C([O-])=Nc2cc(Cl)ccc2Cl)cc1. The van der Waals surface area contributed by atoms with Gasteiger partial charge in [-0.25, -0.2) is 4.79 Å². The smallest absolute Gasteiger partial charge is 0.436 e. The number of nitrogens with one attached hydrogen (secondary N) is 1. The second-order valence-electron chi connectivity index (χ2n) is 4.88. The van der Waals surface area contributed by atoms with Crippen molar-refractivity contribution >= 4 is 34.8 Å². The summed E-state index contributed by atoms with van der Waals surface area (Å²) in [6.07, 6.45) is 0. The van der Waals surface area contributed by atoms with Crippen LogP contribution in [0.15, 0.2) is 56.8 Å². The van der Waals surface area contributed by atoms with Crippen LogP contribution in [0.3, 0.4) is 0 Å². The summed E-state index contributed by atoms with van der Waals surface area (Å²) < 4.78 is 11.0. The number of aliphatic imine (C=N–C) groups is 1. The Bertz CT molecular complexity index is 993. The quantitative estimate of drug-likeness (QED) is 0.426. The highest BCUT2D eigenvalue weighted by Crippen LogP contribution is 2.28. The van der Waals surface area contributed by atoms with Gasteiger partial charge in [-0.15, -0.1) is 0 Å². The summed E-state index contributed by atoms with van der Waals surface area (Å²) in [4.78, 5) is 15.8. The van der Waals surface area contributed by atoms with E-state index in [1.807, 2.05) is 0 Å². The monoisotopic (exact) mass is 379 g/mol. The van der Waals surface area contributed by atoms with Crippen LogP contribution in [0, 0.1) is 0 Å². The molecule has 7 nitrogen and oxygen atoms in total. The number of aromatic nitrogens is 2. The maximum Gasteiger partial charge on any atom is 0.436 e. The Morgan fingerprint density at radius 3 is 2.64 bits per heavy atom. The zero-order valence-corrected chi connectivity index (χ0v) is 14.3. The molecular weight excluding hydrogens is 369 g/mol. The highest BCUT2D eigenvalue weighted by atomic mass is 35.5. The van der Waals surface area contributed by atoms with Gasteiger partial charge in [0.15, 0.2) is 0 Å². The lowest BCUT2D eigenvalue weighted by Gasteiger charge is -2.06. The van der Waals surface area contributed by atoms with E-state index < -0.39 is 11.5 Å². The van der Waals surface area contributed by atoms with Gasteiger partial charge >= 0.3 is 11.3 Å². The van der Waals surface area contributed by atoms with Crippen LogP contribution in [0.25, 0.3) is 5.69 Å². The Hall–Kier alpha value is -2.77. The fourth-order valence-electron chi connectivity index (χ4n) is 2.10. The molecule has 0 spiro atoms. The fourth-order valence-corrected chi connectivity index (χ4v) is 2.43. The molecule has 128 valence electrons. The zero-order valence-electron chi connectivity index (χ0n) is 12.8. The van der Waals surface area contributed by atoms with E-state index in [0.29, 0.717) is 16.5 Å². The van der Waals surface area contributed by atoms with Crippen LogP contribution in [0.2, 0.25) is 10.0 Å². The van der Waals surface area contributed by atoms with Crippen molar-refractivity contribution in [2.24, 2.45) is 4.99 Å². The summed E-state index contributed by atoms with van der Waals surface area (Å²) in [7, 11) is 1.53. The highest BCUT2D eigenvalue weighted by molar-refractivity contribution is 6.35. The minimum atomic E-state index is -0.859. The number of nitrogens with zero attached hydrogens (tertiary/aromatic N) is 2. The number of rotatable bonds is 4. The Labute approximate surface area is 151 Å². The minimum absolute atomic E-state index is 0.154. The van der Waals surface area contributed by atoms with Crippen LogP contribution >= 0.6 is 23.2 Å². The first-order valence-corrected chi connectivity index (χ1v) is 7.74. The molecular formula is C16H11Cl2N3O4. The zero-order chi connectivity index (χ0) is 18.0. The van der Waals surface area contributed by atoms with E-state index in [1.165, 1.54) is 23.9 Å². The van der Waals surface area contributed by atoms with Crippen molar-refractivity contribution in [1.82, 2.24) is 5.27 Å². The molecule has 0 saturated heterocycles. The molecule has 1 heterocycles. The number of aromatic amines is 1. The molecule has 2 aromatic carbocycles. The van der Waals surface area contributed by atoms with E-state index in [0.717, 1.165) is 0 Å². The third kappa shape index (κ3) is 3.52. The second kappa shape index (κ2) is 7.00. The lowest BCUT2D eigenvalue weighted by molar-refractivity contribution is -0.673. The maximum atomic E-state index is 12.5. The third-order valence-corrected chi connectivity index (χ3v) is 3.86. The van der Waals surface area contributed by atoms with Crippen LogP contribution in [-0.2, 0) is 0 Å². The van der Waals surface area contributed by atoms with Crippen molar-refractivity contribution in [2.75, 3.05) is 7.11 Å². The topological polar surface area (TPSA) is 94.5 Å². The van der Waals surface area contributed by atoms with E-state index in [2.05, 4.69) is 10.3 Å². The van der Waals surface area contributed by atoms with Crippen LogP contribution in [0.5, 0.6) is 5.75 Å². The van der Waals surface area contributed by atoms with Crippen LogP contribution in [0.4, 0.5) is 5.69 Å². The molecule has 0 radical (unpaired) electrons. The average molecular weight is 380 g/mol. The molecule has 0 aliphatic carbocycles. The van der Waals surface area contributed by atoms with Crippen molar-refractivity contribution in [3.05, 3.63) is 68.6 Å². The van der Waals surface area contributed by atoms with Gasteiger partial charge in [0.1, 0.15) is 5.75 Å². The molecule has 0 bridgehead atoms. The number of halogens is 2. The second-order valence-corrected chi connectivity index (χ2v) is 5.72. The summed E-state index contributed by atoms with van der Waals surface area (Å²) in [6.45, 7) is 0. The van der Waals surface area contributed by atoms with E-state index in [-0.39, 0.29) is 16.4 Å². The van der Waals surface area contributed by atoms with E-state index in [9.17, 15) is 9.90 Å². The average Bonchev–Trinajstić information content (AvgIpc) is 3.00. The van der Waals surface area contributed by atoms with Gasteiger partial charge in [-0.05, 0) is 40.3 Å². The summed E-state index contributed by atoms with van der Waals surface area (Å²) in [5, 5.41) is 15.4. The van der Waals surface area contributed by atoms with Gasteiger partial charge in [-0.2, -0.15) is 0 Å². The standard InChI is InChI=1S/C16H11Cl2N3O4/c1-24-11-5-3-10(4-6-11)21-14(16(23)25-20-21)15(22)19-13-8-9(17)2-7-12(13)18/h2-8H,1H3,(H-,19,20,22,23). The van der Waals surface area contributed by atoms with Crippen LogP contribution in [0.1, 0.15) is 5.69 Å². The molecule has 0 amide bonds. The van der Waals surface area contributed by atoms with E-state index in [4.69, 9.17) is 32.5 Å². The van der Waals surface area contributed by atoms with Gasteiger partial charge in [0, 0.05) is 17.2 Å². The summed E-state index contributed by atoms with van der Waals surface area (Å²) in [5.74, 6) is -0.201. The molecule has 9 heteroatoms. The number of hydrogen-bond acceptors (Lipinski definition) is 5. The predicted molar refractivity (Wildman–Crippen MR) is 90.1 cm³/mol. The number of methoxy groups -OCH3 is 1. The predicted octanol–water partition coefficient (Wildman–Crippen LogP) is 2.00. The molecule has 25 heavy (non-hydrogen) atoms.